The molecule has 5 nitrogen and oxygen atoms in total. The van der Waals surface area contributed by atoms with Crippen LogP contribution in [0.25, 0.3) is 6.08 Å². The molecule has 7 heteroatoms. The van der Waals surface area contributed by atoms with Crippen LogP contribution in [0.4, 0.5) is 10.1 Å². The molecule has 0 atom stereocenters. The number of hydrogen-bond acceptors (Lipinski definition) is 4. The predicted molar refractivity (Wildman–Crippen MR) is 117 cm³/mol. The summed E-state index contributed by atoms with van der Waals surface area (Å²) in [6.07, 6.45) is 1.44. The molecule has 156 valence electrons. The summed E-state index contributed by atoms with van der Waals surface area (Å²) in [6, 6.07) is 19.6. The van der Waals surface area contributed by atoms with Crippen LogP contribution in [0.3, 0.4) is 0 Å². The first-order valence-electron chi connectivity index (χ1n) is 9.22. The minimum Gasteiger partial charge on any atom is -0.493 e. The molecule has 0 saturated heterocycles. The Hall–Kier alpha value is -3.82. The molecule has 0 unspecified atom stereocenters. The fraction of sp³-hybridized carbons (Fsp3) is 0.0833. The molecule has 3 aromatic rings. The van der Waals surface area contributed by atoms with E-state index in [0.29, 0.717) is 33.3 Å². The highest BCUT2D eigenvalue weighted by Crippen LogP contribution is 2.30. The molecule has 1 amide bonds. The smallest absolute Gasteiger partial charge is 0.266 e. The van der Waals surface area contributed by atoms with Gasteiger partial charge >= 0.3 is 0 Å². The monoisotopic (exact) mass is 436 g/mol. The molecule has 1 N–H and O–H groups in total. The van der Waals surface area contributed by atoms with E-state index in [1.165, 1.54) is 25.3 Å². The molecule has 3 rings (SSSR count). The van der Waals surface area contributed by atoms with Crippen molar-refractivity contribution in [2.75, 3.05) is 12.4 Å². The number of nitriles is 1. The molecule has 0 aliphatic heterocycles. The third kappa shape index (κ3) is 6.08. The van der Waals surface area contributed by atoms with Crippen molar-refractivity contribution in [3.05, 3.63) is 94.3 Å². The van der Waals surface area contributed by atoms with Crippen LogP contribution in [0.2, 0.25) is 5.02 Å². The Bertz CT molecular complexity index is 1170. The lowest BCUT2D eigenvalue weighted by atomic mass is 10.1. The SMILES string of the molecule is COc1cc(/C=C(\C#N)C(=O)Nc2cccc(Cl)c2)ccc1OCc1cccc(F)c1. The van der Waals surface area contributed by atoms with Gasteiger partial charge in [-0.25, -0.2) is 4.39 Å². The summed E-state index contributed by atoms with van der Waals surface area (Å²) in [5, 5.41) is 12.5. The zero-order valence-corrected chi connectivity index (χ0v) is 17.3. The van der Waals surface area contributed by atoms with Crippen molar-refractivity contribution in [2.24, 2.45) is 0 Å². The van der Waals surface area contributed by atoms with E-state index in [0.717, 1.165) is 0 Å². The molecule has 0 aliphatic carbocycles. The number of hydrogen-bond donors (Lipinski definition) is 1. The molecule has 0 saturated carbocycles. The molecule has 3 aromatic carbocycles. The van der Waals surface area contributed by atoms with Crippen molar-refractivity contribution >= 4 is 29.3 Å². The first-order valence-corrected chi connectivity index (χ1v) is 9.60. The molecule has 31 heavy (non-hydrogen) atoms. The fourth-order valence-electron chi connectivity index (χ4n) is 2.76. The van der Waals surface area contributed by atoms with Gasteiger partial charge in [-0.15, -0.1) is 0 Å². The summed E-state index contributed by atoms with van der Waals surface area (Å²) < 4.78 is 24.4. The molecule has 0 spiro atoms. The van der Waals surface area contributed by atoms with Crippen LogP contribution in [0.1, 0.15) is 11.1 Å². The van der Waals surface area contributed by atoms with E-state index >= 15 is 0 Å². The summed E-state index contributed by atoms with van der Waals surface area (Å²) in [5.74, 6) is -0.0349. The lowest BCUT2D eigenvalue weighted by molar-refractivity contribution is -0.112. The molecule has 0 fully saturated rings. The third-order valence-corrected chi connectivity index (χ3v) is 4.46. The Kier molecular flexibility index (Phi) is 7.26. The number of carbonyl (C=O) groups is 1. The Labute approximate surface area is 184 Å². The van der Waals surface area contributed by atoms with Gasteiger partial charge in [-0.3, -0.25) is 4.79 Å². The Morgan fingerprint density at radius 2 is 1.94 bits per heavy atom. The summed E-state index contributed by atoms with van der Waals surface area (Å²) in [5.41, 5.74) is 1.65. The number of carbonyl (C=O) groups excluding carboxylic acids is 1. The van der Waals surface area contributed by atoms with Gasteiger partial charge in [-0.05, 0) is 59.7 Å². The number of methoxy groups -OCH3 is 1. The Balaban J connectivity index is 1.75. The second kappa shape index (κ2) is 10.3. The van der Waals surface area contributed by atoms with E-state index in [1.54, 1.807) is 54.6 Å². The average Bonchev–Trinajstić information content (AvgIpc) is 2.76. The zero-order valence-electron chi connectivity index (χ0n) is 16.6. The Morgan fingerprint density at radius 1 is 1.13 bits per heavy atom. The van der Waals surface area contributed by atoms with E-state index < -0.39 is 5.91 Å². The lowest BCUT2D eigenvalue weighted by Crippen LogP contribution is -2.13. The molecule has 0 aromatic heterocycles. The highest BCUT2D eigenvalue weighted by molar-refractivity contribution is 6.31. The van der Waals surface area contributed by atoms with Crippen LogP contribution in [-0.2, 0) is 11.4 Å². The van der Waals surface area contributed by atoms with Crippen molar-refractivity contribution in [3.63, 3.8) is 0 Å². The number of nitrogens with one attached hydrogen (secondary N) is 1. The van der Waals surface area contributed by atoms with Gasteiger partial charge in [0.25, 0.3) is 5.91 Å². The first kappa shape index (κ1) is 21.9. The maximum Gasteiger partial charge on any atom is 0.266 e. The van der Waals surface area contributed by atoms with Crippen molar-refractivity contribution in [3.8, 4) is 17.6 Å². The number of amides is 1. The molecule has 0 aliphatic rings. The van der Waals surface area contributed by atoms with E-state index in [-0.39, 0.29) is 18.0 Å². The topological polar surface area (TPSA) is 71.3 Å². The number of anilines is 1. The summed E-state index contributed by atoms with van der Waals surface area (Å²) in [6.45, 7) is 0.162. The van der Waals surface area contributed by atoms with Crippen LogP contribution in [0, 0.1) is 17.1 Å². The van der Waals surface area contributed by atoms with Crippen LogP contribution >= 0.6 is 11.6 Å². The van der Waals surface area contributed by atoms with Gasteiger partial charge in [0.2, 0.25) is 0 Å². The molecule has 0 heterocycles. The average molecular weight is 437 g/mol. The number of rotatable bonds is 7. The maximum absolute atomic E-state index is 13.3. The van der Waals surface area contributed by atoms with Crippen LogP contribution < -0.4 is 14.8 Å². The standard InChI is InChI=1S/C24H18ClFN2O3/c1-30-23-12-16(8-9-22(23)31-15-17-4-2-6-20(26)11-17)10-18(14-27)24(29)28-21-7-3-5-19(25)13-21/h2-13H,15H2,1H3,(H,28,29)/b18-10+. The molecule has 0 radical (unpaired) electrons. The van der Waals surface area contributed by atoms with Crippen molar-refractivity contribution < 1.29 is 18.7 Å². The van der Waals surface area contributed by atoms with Gasteiger partial charge < -0.3 is 14.8 Å². The number of ether oxygens (including phenoxy) is 2. The van der Waals surface area contributed by atoms with E-state index in [2.05, 4.69) is 5.32 Å². The van der Waals surface area contributed by atoms with Gasteiger partial charge in [-0.2, -0.15) is 5.26 Å². The van der Waals surface area contributed by atoms with Crippen LogP contribution in [0.15, 0.2) is 72.3 Å². The van der Waals surface area contributed by atoms with E-state index in [1.807, 2.05) is 6.07 Å². The number of halogens is 2. The fourth-order valence-corrected chi connectivity index (χ4v) is 2.95. The van der Waals surface area contributed by atoms with Gasteiger partial charge in [0.15, 0.2) is 11.5 Å². The van der Waals surface area contributed by atoms with Gasteiger partial charge in [0, 0.05) is 10.7 Å². The minimum absolute atomic E-state index is 0.0875. The van der Waals surface area contributed by atoms with Crippen LogP contribution in [0.5, 0.6) is 11.5 Å². The van der Waals surface area contributed by atoms with Crippen molar-refractivity contribution in [2.45, 2.75) is 6.61 Å². The first-order chi connectivity index (χ1) is 15.0. The third-order valence-electron chi connectivity index (χ3n) is 4.23. The van der Waals surface area contributed by atoms with Crippen LogP contribution in [-0.4, -0.2) is 13.0 Å². The quantitative estimate of drug-likeness (QED) is 0.386. The van der Waals surface area contributed by atoms with Gasteiger partial charge in [-0.1, -0.05) is 35.9 Å². The molecular weight excluding hydrogens is 419 g/mol. The van der Waals surface area contributed by atoms with Gasteiger partial charge in [0.05, 0.1) is 7.11 Å². The summed E-state index contributed by atoms with van der Waals surface area (Å²) in [7, 11) is 1.48. The Morgan fingerprint density at radius 3 is 2.65 bits per heavy atom. The second-order valence-corrected chi connectivity index (χ2v) is 6.90. The van der Waals surface area contributed by atoms with Crippen molar-refractivity contribution in [1.29, 1.82) is 5.26 Å². The lowest BCUT2D eigenvalue weighted by Gasteiger charge is -2.12. The second-order valence-electron chi connectivity index (χ2n) is 6.46. The van der Waals surface area contributed by atoms with E-state index in [9.17, 15) is 14.4 Å². The number of benzene rings is 3. The molecular formula is C24H18ClFN2O3. The normalized spacial score (nSPS) is 10.8. The number of nitrogens with zero attached hydrogens (tertiary/aromatic N) is 1. The minimum atomic E-state index is -0.560. The predicted octanol–water partition coefficient (Wildman–Crippen LogP) is 5.61. The highest BCUT2D eigenvalue weighted by atomic mass is 35.5. The maximum atomic E-state index is 13.3. The summed E-state index contributed by atoms with van der Waals surface area (Å²) in [4.78, 5) is 12.4. The van der Waals surface area contributed by atoms with E-state index in [4.69, 9.17) is 21.1 Å². The zero-order chi connectivity index (χ0) is 22.2. The highest BCUT2D eigenvalue weighted by Gasteiger charge is 2.12. The summed E-state index contributed by atoms with van der Waals surface area (Å²) >= 11 is 5.92. The van der Waals surface area contributed by atoms with Gasteiger partial charge in [0.1, 0.15) is 24.1 Å². The molecule has 0 bridgehead atoms. The van der Waals surface area contributed by atoms with Crippen molar-refractivity contribution in [1.82, 2.24) is 0 Å². The largest absolute Gasteiger partial charge is 0.493 e.